The Bertz CT molecular complexity index is 756. The lowest BCUT2D eigenvalue weighted by atomic mass is 10.1. The summed E-state index contributed by atoms with van der Waals surface area (Å²) in [5.74, 6) is -0.605. The van der Waals surface area contributed by atoms with Gasteiger partial charge in [0, 0.05) is 22.9 Å². The zero-order valence-electron chi connectivity index (χ0n) is 11.8. The van der Waals surface area contributed by atoms with Gasteiger partial charge in [0.25, 0.3) is 11.6 Å². The molecule has 0 aromatic heterocycles. The molecule has 0 atom stereocenters. The monoisotopic (exact) mass is 324 g/mol. The van der Waals surface area contributed by atoms with E-state index in [0.29, 0.717) is 11.3 Å². The number of aryl methyl sites for hydroxylation is 1. The predicted octanol–water partition coefficient (Wildman–Crippen LogP) is 4.17. The number of nitrogens with one attached hydrogen (secondary N) is 1. The van der Waals surface area contributed by atoms with Gasteiger partial charge in [0.2, 0.25) is 0 Å². The summed E-state index contributed by atoms with van der Waals surface area (Å²) in [6, 6.07) is 7.78. The maximum atomic E-state index is 12.5. The Morgan fingerprint density at radius 2 is 1.74 bits per heavy atom. The smallest absolute Gasteiger partial charge is 0.322 e. The minimum Gasteiger partial charge on any atom is -0.322 e. The molecule has 2 rings (SSSR count). The Labute approximate surface area is 128 Å². The maximum absolute atomic E-state index is 12.5. The molecule has 0 aliphatic rings. The number of amides is 1. The van der Waals surface area contributed by atoms with Gasteiger partial charge in [0.05, 0.1) is 10.5 Å². The topological polar surface area (TPSA) is 72.2 Å². The van der Waals surface area contributed by atoms with Gasteiger partial charge in [-0.25, -0.2) is 0 Å². The van der Waals surface area contributed by atoms with Crippen molar-refractivity contribution in [1.82, 2.24) is 0 Å². The minimum atomic E-state index is -4.47. The summed E-state index contributed by atoms with van der Waals surface area (Å²) in [4.78, 5) is 22.2. The number of halogens is 3. The van der Waals surface area contributed by atoms with Gasteiger partial charge in [-0.05, 0) is 43.3 Å². The molecule has 2 aromatic rings. The zero-order valence-corrected chi connectivity index (χ0v) is 11.8. The van der Waals surface area contributed by atoms with Crippen molar-refractivity contribution in [3.8, 4) is 0 Å². The third kappa shape index (κ3) is 3.85. The standard InChI is InChI=1S/C15H11F3N2O3/c1-9-8-12(6-7-13(9)20(22)23)19-14(21)10-2-4-11(5-3-10)15(16,17)18/h2-8H,1H3,(H,19,21). The Kier molecular flexibility index (Phi) is 4.35. The van der Waals surface area contributed by atoms with Crippen molar-refractivity contribution in [2.45, 2.75) is 13.1 Å². The van der Waals surface area contributed by atoms with Gasteiger partial charge in [-0.1, -0.05) is 0 Å². The van der Waals surface area contributed by atoms with Crippen molar-refractivity contribution in [3.05, 3.63) is 69.3 Å². The lowest BCUT2D eigenvalue weighted by Gasteiger charge is -2.09. The molecule has 0 saturated carbocycles. The maximum Gasteiger partial charge on any atom is 0.416 e. The average Bonchev–Trinajstić information content (AvgIpc) is 2.46. The first kappa shape index (κ1) is 16.5. The second-order valence-electron chi connectivity index (χ2n) is 4.79. The summed E-state index contributed by atoms with van der Waals surface area (Å²) in [6.07, 6.45) is -4.47. The first-order valence-electron chi connectivity index (χ1n) is 6.42. The first-order chi connectivity index (χ1) is 10.7. The third-order valence-corrected chi connectivity index (χ3v) is 3.13. The molecule has 1 N–H and O–H groups in total. The minimum absolute atomic E-state index is 0.0500. The van der Waals surface area contributed by atoms with Crippen LogP contribution in [0.15, 0.2) is 42.5 Å². The molecular formula is C15H11F3N2O3. The van der Waals surface area contributed by atoms with E-state index in [4.69, 9.17) is 0 Å². The molecule has 120 valence electrons. The highest BCUT2D eigenvalue weighted by Gasteiger charge is 2.30. The molecule has 0 aliphatic heterocycles. The van der Waals surface area contributed by atoms with Crippen LogP contribution in [-0.2, 0) is 6.18 Å². The number of nitro benzene ring substituents is 1. The lowest BCUT2D eigenvalue weighted by Crippen LogP contribution is -2.13. The first-order valence-corrected chi connectivity index (χ1v) is 6.42. The molecule has 0 saturated heterocycles. The number of anilines is 1. The zero-order chi connectivity index (χ0) is 17.2. The molecule has 1 amide bonds. The summed E-state index contributed by atoms with van der Waals surface area (Å²) in [7, 11) is 0. The normalized spacial score (nSPS) is 11.1. The van der Waals surface area contributed by atoms with Gasteiger partial charge >= 0.3 is 6.18 Å². The van der Waals surface area contributed by atoms with E-state index >= 15 is 0 Å². The lowest BCUT2D eigenvalue weighted by molar-refractivity contribution is -0.385. The predicted molar refractivity (Wildman–Crippen MR) is 77.2 cm³/mol. The van der Waals surface area contributed by atoms with Crippen molar-refractivity contribution in [3.63, 3.8) is 0 Å². The molecule has 0 bridgehead atoms. The van der Waals surface area contributed by atoms with E-state index in [0.717, 1.165) is 24.3 Å². The quantitative estimate of drug-likeness (QED) is 0.680. The highest BCUT2D eigenvalue weighted by molar-refractivity contribution is 6.04. The Morgan fingerprint density at radius 1 is 1.13 bits per heavy atom. The molecule has 0 radical (unpaired) electrons. The summed E-state index contributed by atoms with van der Waals surface area (Å²) < 4.78 is 37.4. The van der Waals surface area contributed by atoms with Gasteiger partial charge in [0.1, 0.15) is 0 Å². The van der Waals surface area contributed by atoms with Crippen molar-refractivity contribution in [1.29, 1.82) is 0 Å². The fourth-order valence-corrected chi connectivity index (χ4v) is 1.95. The molecule has 0 unspecified atom stereocenters. The van der Waals surface area contributed by atoms with Gasteiger partial charge in [0.15, 0.2) is 0 Å². The van der Waals surface area contributed by atoms with Gasteiger partial charge in [-0.2, -0.15) is 13.2 Å². The molecule has 5 nitrogen and oxygen atoms in total. The van der Waals surface area contributed by atoms with E-state index in [-0.39, 0.29) is 11.3 Å². The van der Waals surface area contributed by atoms with Gasteiger partial charge in [-0.15, -0.1) is 0 Å². The van der Waals surface area contributed by atoms with Crippen LogP contribution in [0.3, 0.4) is 0 Å². The van der Waals surface area contributed by atoms with Crippen LogP contribution in [0.25, 0.3) is 0 Å². The number of carbonyl (C=O) groups is 1. The van der Waals surface area contributed by atoms with Crippen molar-refractivity contribution in [2.75, 3.05) is 5.32 Å². The van der Waals surface area contributed by atoms with Crippen LogP contribution in [0.1, 0.15) is 21.5 Å². The number of nitro groups is 1. The van der Waals surface area contributed by atoms with E-state index in [1.54, 1.807) is 0 Å². The number of hydrogen-bond acceptors (Lipinski definition) is 3. The largest absolute Gasteiger partial charge is 0.416 e. The molecular weight excluding hydrogens is 313 g/mol. The summed E-state index contributed by atoms with van der Waals surface area (Å²) >= 11 is 0. The highest BCUT2D eigenvalue weighted by Crippen LogP contribution is 2.29. The molecule has 0 heterocycles. The number of rotatable bonds is 3. The average molecular weight is 324 g/mol. The van der Waals surface area contributed by atoms with Gasteiger partial charge in [-0.3, -0.25) is 14.9 Å². The van der Waals surface area contributed by atoms with E-state index in [1.807, 2.05) is 0 Å². The number of alkyl halides is 3. The number of nitrogens with zero attached hydrogens (tertiary/aromatic N) is 1. The van der Waals surface area contributed by atoms with Crippen molar-refractivity contribution >= 4 is 17.3 Å². The van der Waals surface area contributed by atoms with E-state index in [1.165, 1.54) is 25.1 Å². The molecule has 2 aromatic carbocycles. The third-order valence-electron chi connectivity index (χ3n) is 3.13. The summed E-state index contributed by atoms with van der Waals surface area (Å²) in [5.41, 5.74) is -0.204. The van der Waals surface area contributed by atoms with Crippen LogP contribution in [0, 0.1) is 17.0 Å². The Hall–Kier alpha value is -2.90. The second kappa shape index (κ2) is 6.07. The van der Waals surface area contributed by atoms with Crippen LogP contribution >= 0.6 is 0 Å². The van der Waals surface area contributed by atoms with Crippen LogP contribution in [0.5, 0.6) is 0 Å². The summed E-state index contributed by atoms with van der Waals surface area (Å²) in [5, 5.41) is 13.2. The molecule has 8 heteroatoms. The van der Waals surface area contributed by atoms with Crippen LogP contribution in [-0.4, -0.2) is 10.8 Å². The molecule has 23 heavy (non-hydrogen) atoms. The van der Waals surface area contributed by atoms with Crippen LogP contribution in [0.2, 0.25) is 0 Å². The fraction of sp³-hybridized carbons (Fsp3) is 0.133. The number of hydrogen-bond donors (Lipinski definition) is 1. The van der Waals surface area contributed by atoms with Crippen molar-refractivity contribution < 1.29 is 22.9 Å². The molecule has 0 aliphatic carbocycles. The van der Waals surface area contributed by atoms with Crippen LogP contribution in [0.4, 0.5) is 24.5 Å². The molecule has 0 spiro atoms. The summed E-state index contributed by atoms with van der Waals surface area (Å²) in [6.45, 7) is 1.52. The highest BCUT2D eigenvalue weighted by atomic mass is 19.4. The van der Waals surface area contributed by atoms with Crippen LogP contribution < -0.4 is 5.32 Å². The number of benzene rings is 2. The molecule has 0 fully saturated rings. The van der Waals surface area contributed by atoms with Crippen molar-refractivity contribution in [2.24, 2.45) is 0 Å². The van der Waals surface area contributed by atoms with Gasteiger partial charge < -0.3 is 5.32 Å². The Balaban J connectivity index is 2.16. The van der Waals surface area contributed by atoms with E-state index in [2.05, 4.69) is 5.32 Å². The fourth-order valence-electron chi connectivity index (χ4n) is 1.95. The van der Waals surface area contributed by atoms with E-state index in [9.17, 15) is 28.1 Å². The Morgan fingerprint density at radius 3 is 2.22 bits per heavy atom. The SMILES string of the molecule is Cc1cc(NC(=O)c2ccc(C(F)(F)F)cc2)ccc1[N+](=O)[O-]. The second-order valence-corrected chi connectivity index (χ2v) is 4.79. The number of carbonyl (C=O) groups excluding carboxylic acids is 1. The van der Waals surface area contributed by atoms with E-state index < -0.39 is 22.6 Å².